The van der Waals surface area contributed by atoms with Gasteiger partial charge in [-0.2, -0.15) is 8.42 Å². The first-order chi connectivity index (χ1) is 7.30. The highest BCUT2D eigenvalue weighted by Gasteiger charge is 2.23. The summed E-state index contributed by atoms with van der Waals surface area (Å²) in [5, 5.41) is -0.0587. The molecule has 0 N–H and O–H groups in total. The number of hydrogen-bond donors (Lipinski definition) is 0. The maximum absolute atomic E-state index is 13.0. The smallest absolute Gasteiger partial charge is 0.334 e. The number of rotatable bonds is 1. The van der Waals surface area contributed by atoms with Crippen molar-refractivity contribution < 1.29 is 12.3 Å². The summed E-state index contributed by atoms with van der Waals surface area (Å²) >= 11 is 5.79. The van der Waals surface area contributed by atoms with E-state index < -0.39 is 15.1 Å². The number of fused-ring (bicyclic) bond motifs is 1. The molecule has 2 aromatic rings. The van der Waals surface area contributed by atoms with Crippen molar-refractivity contribution in [3.05, 3.63) is 17.2 Å². The van der Waals surface area contributed by atoms with Crippen molar-refractivity contribution in [2.24, 2.45) is 7.05 Å². The summed E-state index contributed by atoms with van der Waals surface area (Å²) in [4.78, 5) is 7.30. The summed E-state index contributed by atoms with van der Waals surface area (Å²) in [7, 11) is -3.27. The molecule has 0 atom stereocenters. The maximum atomic E-state index is 13.0. The van der Waals surface area contributed by atoms with Gasteiger partial charge >= 0.3 is 10.2 Å². The average molecular weight is 264 g/mol. The number of aromatic nitrogens is 3. The SMILES string of the molecule is Cc1nc(Cl)c2c(S(=O)(=O)F)cn(C)c2n1. The molecule has 0 amide bonds. The number of nitrogens with zero attached hydrogens (tertiary/aromatic N) is 3. The minimum Gasteiger partial charge on any atom is -0.334 e. The fourth-order valence-corrected chi connectivity index (χ4v) is 2.56. The van der Waals surface area contributed by atoms with Crippen molar-refractivity contribution in [3.63, 3.8) is 0 Å². The van der Waals surface area contributed by atoms with Crippen LogP contribution in [-0.4, -0.2) is 23.0 Å². The van der Waals surface area contributed by atoms with Gasteiger partial charge in [0.2, 0.25) is 0 Å². The molecule has 0 bridgehead atoms. The molecule has 16 heavy (non-hydrogen) atoms. The second-order valence-electron chi connectivity index (χ2n) is 3.30. The Bertz CT molecular complexity index is 680. The molecule has 0 fully saturated rings. The van der Waals surface area contributed by atoms with Crippen LogP contribution in [0.2, 0.25) is 5.15 Å². The standard InChI is InChI=1S/C8H7ClFN3O2S/c1-4-11-7(9)6-5(16(10,14)15)3-13(2)8(6)12-4/h3H,1-2H3. The van der Waals surface area contributed by atoms with Crippen LogP contribution in [0.15, 0.2) is 11.1 Å². The highest BCUT2D eigenvalue weighted by atomic mass is 35.5. The van der Waals surface area contributed by atoms with Crippen molar-refractivity contribution in [2.45, 2.75) is 11.8 Å². The van der Waals surface area contributed by atoms with Crippen LogP contribution >= 0.6 is 11.6 Å². The fourth-order valence-electron chi connectivity index (χ4n) is 1.48. The number of hydrogen-bond acceptors (Lipinski definition) is 4. The summed E-state index contributed by atoms with van der Waals surface area (Å²) in [6, 6.07) is 0. The Kier molecular flexibility index (Phi) is 2.39. The molecule has 0 spiro atoms. The van der Waals surface area contributed by atoms with Crippen molar-refractivity contribution >= 4 is 32.9 Å². The molecule has 0 radical (unpaired) electrons. The Hall–Kier alpha value is -1.21. The minimum absolute atomic E-state index is 0.0114. The van der Waals surface area contributed by atoms with Gasteiger partial charge in [-0.05, 0) is 6.92 Å². The predicted molar refractivity (Wildman–Crippen MR) is 56.5 cm³/mol. The van der Waals surface area contributed by atoms with Crippen LogP contribution in [0.3, 0.4) is 0 Å². The molecule has 8 heteroatoms. The minimum atomic E-state index is -4.83. The summed E-state index contributed by atoms with van der Waals surface area (Å²) in [6.45, 7) is 1.61. The van der Waals surface area contributed by atoms with Crippen molar-refractivity contribution in [1.29, 1.82) is 0 Å². The van der Waals surface area contributed by atoms with Crippen LogP contribution in [0, 0.1) is 6.92 Å². The molecule has 0 saturated carbocycles. The van der Waals surface area contributed by atoms with Crippen molar-refractivity contribution in [3.8, 4) is 0 Å². The molecule has 0 aromatic carbocycles. The van der Waals surface area contributed by atoms with E-state index in [0.717, 1.165) is 6.20 Å². The Morgan fingerprint density at radius 2 is 2.06 bits per heavy atom. The molecule has 0 aliphatic heterocycles. The van der Waals surface area contributed by atoms with Crippen LogP contribution < -0.4 is 0 Å². The summed E-state index contributed by atoms with van der Waals surface area (Å²) in [5.41, 5.74) is 0.286. The molecule has 0 saturated heterocycles. The van der Waals surface area contributed by atoms with Gasteiger partial charge in [0.1, 0.15) is 21.5 Å². The lowest BCUT2D eigenvalue weighted by molar-refractivity contribution is 0.552. The lowest BCUT2D eigenvalue weighted by Crippen LogP contribution is -1.94. The third kappa shape index (κ3) is 1.65. The molecule has 86 valence electrons. The molecule has 0 aliphatic rings. The normalized spacial score (nSPS) is 12.2. The first-order valence-corrected chi connectivity index (χ1v) is 6.00. The summed E-state index contributed by atoms with van der Waals surface area (Å²) < 4.78 is 36.2. The van der Waals surface area contributed by atoms with E-state index >= 15 is 0 Å². The second kappa shape index (κ2) is 3.39. The van der Waals surface area contributed by atoms with Gasteiger partial charge in [0.15, 0.2) is 0 Å². The highest BCUT2D eigenvalue weighted by Crippen LogP contribution is 2.29. The van der Waals surface area contributed by atoms with E-state index in [1.165, 1.54) is 4.57 Å². The lowest BCUT2D eigenvalue weighted by atomic mass is 10.4. The van der Waals surface area contributed by atoms with E-state index in [-0.39, 0.29) is 16.2 Å². The van der Waals surface area contributed by atoms with Gasteiger partial charge in [0.25, 0.3) is 0 Å². The van der Waals surface area contributed by atoms with Crippen molar-refractivity contribution in [1.82, 2.24) is 14.5 Å². The van der Waals surface area contributed by atoms with Gasteiger partial charge in [-0.25, -0.2) is 9.97 Å². The zero-order valence-electron chi connectivity index (χ0n) is 8.40. The van der Waals surface area contributed by atoms with E-state index in [9.17, 15) is 12.3 Å². The van der Waals surface area contributed by atoms with Gasteiger partial charge < -0.3 is 4.57 Å². The maximum Gasteiger partial charge on any atom is 0.334 e. The monoisotopic (exact) mass is 263 g/mol. The molecule has 5 nitrogen and oxygen atoms in total. The Morgan fingerprint density at radius 1 is 1.44 bits per heavy atom. The first kappa shape index (κ1) is 11.3. The van der Waals surface area contributed by atoms with Crippen LogP contribution in [-0.2, 0) is 17.3 Å². The number of aryl methyl sites for hydroxylation is 2. The molecule has 0 unspecified atom stereocenters. The molecule has 2 heterocycles. The van der Waals surface area contributed by atoms with E-state index in [0.29, 0.717) is 5.82 Å². The van der Waals surface area contributed by atoms with Gasteiger partial charge in [-0.15, -0.1) is 3.89 Å². The Morgan fingerprint density at radius 3 is 2.62 bits per heavy atom. The third-order valence-corrected chi connectivity index (χ3v) is 3.22. The largest absolute Gasteiger partial charge is 0.334 e. The van der Waals surface area contributed by atoms with Gasteiger partial charge in [-0.3, -0.25) is 0 Å². The second-order valence-corrected chi connectivity index (χ2v) is 4.98. The van der Waals surface area contributed by atoms with Crippen LogP contribution in [0.4, 0.5) is 3.89 Å². The van der Waals surface area contributed by atoms with Gasteiger partial charge in [-0.1, -0.05) is 11.6 Å². The summed E-state index contributed by atoms with van der Waals surface area (Å²) in [5.74, 6) is 0.390. The van der Waals surface area contributed by atoms with Gasteiger partial charge in [0.05, 0.1) is 5.39 Å². The van der Waals surface area contributed by atoms with Crippen LogP contribution in [0.5, 0.6) is 0 Å². The summed E-state index contributed by atoms with van der Waals surface area (Å²) in [6.07, 6.45) is 1.12. The Labute approximate surface area is 96.1 Å². The average Bonchev–Trinajstić information content (AvgIpc) is 2.43. The number of halogens is 2. The van der Waals surface area contributed by atoms with Gasteiger partial charge in [0, 0.05) is 13.2 Å². The molecule has 2 aromatic heterocycles. The quantitative estimate of drug-likeness (QED) is 0.579. The molecular weight excluding hydrogens is 257 g/mol. The van der Waals surface area contributed by atoms with E-state index in [1.54, 1.807) is 14.0 Å². The zero-order valence-corrected chi connectivity index (χ0v) is 9.97. The third-order valence-electron chi connectivity index (χ3n) is 2.11. The van der Waals surface area contributed by atoms with Crippen LogP contribution in [0.25, 0.3) is 11.0 Å². The molecule has 2 rings (SSSR count). The van der Waals surface area contributed by atoms with E-state index in [2.05, 4.69) is 9.97 Å². The van der Waals surface area contributed by atoms with Crippen molar-refractivity contribution in [2.75, 3.05) is 0 Å². The zero-order chi connectivity index (χ0) is 12.1. The molecule has 0 aliphatic carbocycles. The van der Waals surface area contributed by atoms with Crippen LogP contribution in [0.1, 0.15) is 5.82 Å². The lowest BCUT2D eigenvalue weighted by Gasteiger charge is -1.98. The van der Waals surface area contributed by atoms with E-state index in [1.807, 2.05) is 0 Å². The van der Waals surface area contributed by atoms with E-state index in [4.69, 9.17) is 11.6 Å². The molecular formula is C8H7ClFN3O2S. The predicted octanol–water partition coefficient (Wildman–Crippen LogP) is 1.59. The first-order valence-electron chi connectivity index (χ1n) is 4.24. The fraction of sp³-hybridized carbons (Fsp3) is 0.250. The Balaban J connectivity index is 3.01. The topological polar surface area (TPSA) is 64.8 Å². The highest BCUT2D eigenvalue weighted by molar-refractivity contribution is 7.86.